The molecule has 0 saturated carbocycles. The van der Waals surface area contributed by atoms with Crippen molar-refractivity contribution >= 4 is 6.09 Å². The lowest BCUT2D eigenvalue weighted by molar-refractivity contribution is -0.0123. The molecular formula is C22H27NO3. The Balaban J connectivity index is 1.60. The van der Waals surface area contributed by atoms with E-state index in [0.717, 1.165) is 0 Å². The Hall–Kier alpha value is -2.33. The minimum absolute atomic E-state index is 0.0780. The van der Waals surface area contributed by atoms with Gasteiger partial charge in [0.1, 0.15) is 6.61 Å². The molecule has 1 aliphatic carbocycles. The number of carbonyl (C=O) groups excluding carboxylic acids is 1. The van der Waals surface area contributed by atoms with Crippen molar-refractivity contribution in [2.24, 2.45) is 0 Å². The zero-order valence-corrected chi connectivity index (χ0v) is 15.9. The fourth-order valence-electron chi connectivity index (χ4n) is 3.26. The summed E-state index contributed by atoms with van der Waals surface area (Å²) in [6.45, 7) is 8.67. The van der Waals surface area contributed by atoms with Crippen LogP contribution in [0.3, 0.4) is 0 Å². The first-order chi connectivity index (χ1) is 12.3. The van der Waals surface area contributed by atoms with E-state index in [9.17, 15) is 4.79 Å². The van der Waals surface area contributed by atoms with E-state index in [0.29, 0.717) is 13.2 Å². The van der Waals surface area contributed by atoms with Gasteiger partial charge in [0.2, 0.25) is 0 Å². The molecule has 138 valence electrons. The predicted molar refractivity (Wildman–Crippen MR) is 103 cm³/mol. The van der Waals surface area contributed by atoms with Crippen molar-refractivity contribution in [2.75, 3.05) is 13.2 Å². The second kappa shape index (κ2) is 7.50. The molecule has 0 unspecified atom stereocenters. The number of amides is 1. The number of rotatable bonds is 5. The number of hydrogen-bond acceptors (Lipinski definition) is 3. The molecule has 4 heteroatoms. The van der Waals surface area contributed by atoms with Crippen LogP contribution in [-0.4, -0.2) is 30.9 Å². The van der Waals surface area contributed by atoms with E-state index in [-0.39, 0.29) is 17.6 Å². The number of ether oxygens (including phenoxy) is 2. The zero-order valence-electron chi connectivity index (χ0n) is 15.9. The van der Waals surface area contributed by atoms with Gasteiger partial charge in [0.15, 0.2) is 0 Å². The van der Waals surface area contributed by atoms with Crippen LogP contribution < -0.4 is 5.32 Å². The van der Waals surface area contributed by atoms with Crippen LogP contribution in [0.5, 0.6) is 0 Å². The Morgan fingerprint density at radius 1 is 1.04 bits per heavy atom. The Bertz CT molecular complexity index is 733. The van der Waals surface area contributed by atoms with E-state index in [1.165, 1.54) is 22.3 Å². The summed E-state index contributed by atoms with van der Waals surface area (Å²) in [6.07, 6.45) is -0.406. The lowest BCUT2D eigenvalue weighted by Gasteiger charge is -2.23. The highest BCUT2D eigenvalue weighted by Gasteiger charge is 2.29. The molecule has 4 nitrogen and oxygen atoms in total. The molecule has 0 fully saturated rings. The van der Waals surface area contributed by atoms with Gasteiger partial charge in [-0.05, 0) is 49.9 Å². The normalized spacial score (nSPS) is 14.5. The fraction of sp³-hybridized carbons (Fsp3) is 0.409. The highest BCUT2D eigenvalue weighted by Crippen LogP contribution is 2.44. The maximum Gasteiger partial charge on any atom is 0.407 e. The van der Waals surface area contributed by atoms with Gasteiger partial charge in [0, 0.05) is 5.92 Å². The topological polar surface area (TPSA) is 47.6 Å². The van der Waals surface area contributed by atoms with E-state index >= 15 is 0 Å². The summed E-state index contributed by atoms with van der Waals surface area (Å²) in [4.78, 5) is 12.2. The van der Waals surface area contributed by atoms with Gasteiger partial charge in [-0.25, -0.2) is 4.79 Å². The summed E-state index contributed by atoms with van der Waals surface area (Å²) in [7, 11) is 0. The molecule has 2 aromatic carbocycles. The maximum atomic E-state index is 12.2. The van der Waals surface area contributed by atoms with Crippen LogP contribution in [0.15, 0.2) is 48.5 Å². The molecule has 26 heavy (non-hydrogen) atoms. The van der Waals surface area contributed by atoms with Gasteiger partial charge in [-0.2, -0.15) is 0 Å². The van der Waals surface area contributed by atoms with Gasteiger partial charge < -0.3 is 14.8 Å². The first-order valence-electron chi connectivity index (χ1n) is 9.10. The SMILES string of the molecule is C[C@@H](COC(C)(C)C)NC(=O)OCC1c2ccccc2-c2ccccc21. The van der Waals surface area contributed by atoms with Crippen molar-refractivity contribution in [3.63, 3.8) is 0 Å². The van der Waals surface area contributed by atoms with Crippen LogP contribution in [0, 0.1) is 0 Å². The standard InChI is InChI=1S/C22H27NO3/c1-15(13-26-22(2,3)4)23-21(24)25-14-20-18-11-7-5-9-16(18)17-10-6-8-12-19(17)20/h5-12,15,20H,13-14H2,1-4H3,(H,23,24)/t15-/m0/s1. The summed E-state index contributed by atoms with van der Waals surface area (Å²) in [5, 5.41) is 2.84. The number of alkyl carbamates (subject to hydrolysis) is 1. The smallest absolute Gasteiger partial charge is 0.407 e. The van der Waals surface area contributed by atoms with E-state index in [4.69, 9.17) is 9.47 Å². The van der Waals surface area contributed by atoms with Crippen molar-refractivity contribution in [2.45, 2.75) is 45.3 Å². The molecule has 0 aromatic heterocycles. The van der Waals surface area contributed by atoms with E-state index < -0.39 is 6.09 Å². The molecule has 0 aliphatic heterocycles. The van der Waals surface area contributed by atoms with Crippen molar-refractivity contribution in [1.29, 1.82) is 0 Å². The average molecular weight is 353 g/mol. The molecule has 2 aromatic rings. The molecule has 0 radical (unpaired) electrons. The lowest BCUT2D eigenvalue weighted by Crippen LogP contribution is -2.38. The first kappa shape index (κ1) is 18.5. The highest BCUT2D eigenvalue weighted by atomic mass is 16.5. The molecule has 0 bridgehead atoms. The van der Waals surface area contributed by atoms with Crippen molar-refractivity contribution in [3.05, 3.63) is 59.7 Å². The third-order valence-corrected chi connectivity index (χ3v) is 4.47. The molecule has 3 rings (SSSR count). The Morgan fingerprint density at radius 2 is 1.58 bits per heavy atom. The van der Waals surface area contributed by atoms with E-state index in [1.54, 1.807) is 0 Å². The summed E-state index contributed by atoms with van der Waals surface area (Å²) < 4.78 is 11.2. The summed E-state index contributed by atoms with van der Waals surface area (Å²) in [5.41, 5.74) is 4.65. The maximum absolute atomic E-state index is 12.2. The minimum Gasteiger partial charge on any atom is -0.449 e. The van der Waals surface area contributed by atoms with E-state index in [1.807, 2.05) is 52.0 Å². The van der Waals surface area contributed by atoms with Crippen LogP contribution in [0.2, 0.25) is 0 Å². The largest absolute Gasteiger partial charge is 0.449 e. The Kier molecular flexibility index (Phi) is 5.33. The monoisotopic (exact) mass is 353 g/mol. The summed E-state index contributed by atoms with van der Waals surface area (Å²) in [5.74, 6) is 0.0780. The van der Waals surface area contributed by atoms with Gasteiger partial charge >= 0.3 is 6.09 Å². The van der Waals surface area contributed by atoms with Crippen LogP contribution in [0.25, 0.3) is 11.1 Å². The van der Waals surface area contributed by atoms with Gasteiger partial charge in [-0.3, -0.25) is 0 Å². The molecule has 0 heterocycles. The summed E-state index contributed by atoms with van der Waals surface area (Å²) in [6, 6.07) is 16.5. The van der Waals surface area contributed by atoms with Crippen LogP contribution in [0.4, 0.5) is 4.79 Å². The van der Waals surface area contributed by atoms with Crippen molar-refractivity contribution < 1.29 is 14.3 Å². The average Bonchev–Trinajstić information content (AvgIpc) is 2.92. The number of carbonyl (C=O) groups is 1. The summed E-state index contributed by atoms with van der Waals surface area (Å²) >= 11 is 0. The minimum atomic E-state index is -0.406. The number of nitrogens with one attached hydrogen (secondary N) is 1. The molecule has 1 atom stereocenters. The molecular weight excluding hydrogens is 326 g/mol. The number of benzene rings is 2. The molecule has 0 saturated heterocycles. The Labute approximate surface area is 155 Å². The van der Waals surface area contributed by atoms with Crippen LogP contribution in [0.1, 0.15) is 44.7 Å². The number of fused-ring (bicyclic) bond motifs is 3. The van der Waals surface area contributed by atoms with Crippen molar-refractivity contribution in [1.82, 2.24) is 5.32 Å². The van der Waals surface area contributed by atoms with Crippen molar-refractivity contribution in [3.8, 4) is 11.1 Å². The molecule has 1 N–H and O–H groups in total. The third kappa shape index (κ3) is 4.25. The second-order valence-corrected chi connectivity index (χ2v) is 7.79. The Morgan fingerprint density at radius 3 is 2.12 bits per heavy atom. The third-order valence-electron chi connectivity index (χ3n) is 4.47. The van der Waals surface area contributed by atoms with Crippen LogP contribution in [-0.2, 0) is 9.47 Å². The lowest BCUT2D eigenvalue weighted by atomic mass is 9.98. The van der Waals surface area contributed by atoms with Gasteiger partial charge in [0.25, 0.3) is 0 Å². The first-order valence-corrected chi connectivity index (χ1v) is 9.10. The molecule has 0 spiro atoms. The van der Waals surface area contributed by atoms with Crippen LogP contribution >= 0.6 is 0 Å². The predicted octanol–water partition coefficient (Wildman–Crippen LogP) is 4.73. The molecule has 1 amide bonds. The fourth-order valence-corrected chi connectivity index (χ4v) is 3.26. The van der Waals surface area contributed by atoms with Gasteiger partial charge in [-0.15, -0.1) is 0 Å². The highest BCUT2D eigenvalue weighted by molar-refractivity contribution is 5.79. The zero-order chi connectivity index (χ0) is 18.7. The number of hydrogen-bond donors (Lipinski definition) is 1. The quantitative estimate of drug-likeness (QED) is 0.845. The van der Waals surface area contributed by atoms with Gasteiger partial charge in [-0.1, -0.05) is 48.5 Å². The molecule has 1 aliphatic rings. The van der Waals surface area contributed by atoms with Gasteiger partial charge in [0.05, 0.1) is 18.2 Å². The van der Waals surface area contributed by atoms with E-state index in [2.05, 4.69) is 29.6 Å². The second-order valence-electron chi connectivity index (χ2n) is 7.79.